The first-order chi connectivity index (χ1) is 15.9. The molecule has 4 aromatic rings. The third-order valence-corrected chi connectivity index (χ3v) is 4.89. The number of ether oxygens (including phenoxy) is 1. The maximum absolute atomic E-state index is 13.3. The lowest BCUT2D eigenvalue weighted by Crippen LogP contribution is -2.31. The Labute approximate surface area is 189 Å². The summed E-state index contributed by atoms with van der Waals surface area (Å²) in [6.07, 6.45) is 1.57. The van der Waals surface area contributed by atoms with Gasteiger partial charge in [0.1, 0.15) is 11.6 Å². The molecule has 7 nitrogen and oxygen atoms in total. The molecule has 4 rings (SSSR count). The van der Waals surface area contributed by atoms with Crippen LogP contribution in [0.5, 0.6) is 11.6 Å². The number of fused-ring (bicyclic) bond motifs is 1. The van der Waals surface area contributed by atoms with Crippen LogP contribution in [-0.2, 0) is 13.1 Å². The SMILES string of the molecule is CC(C)Cn1nc(C(=O)NCc2ccc(Oc3cccc(F)c3)nc2)c2ccccc2c1=O. The predicted octanol–water partition coefficient (Wildman–Crippen LogP) is 4.31. The molecule has 0 spiro atoms. The summed E-state index contributed by atoms with van der Waals surface area (Å²) in [7, 11) is 0. The van der Waals surface area contributed by atoms with Crippen molar-refractivity contribution in [1.29, 1.82) is 0 Å². The number of pyridine rings is 1. The molecule has 2 aromatic carbocycles. The molecule has 0 aliphatic heterocycles. The van der Waals surface area contributed by atoms with E-state index in [0.29, 0.717) is 28.9 Å². The quantitative estimate of drug-likeness (QED) is 0.457. The van der Waals surface area contributed by atoms with Crippen LogP contribution in [-0.4, -0.2) is 20.7 Å². The highest BCUT2D eigenvalue weighted by atomic mass is 19.1. The topological polar surface area (TPSA) is 86.1 Å². The van der Waals surface area contributed by atoms with Gasteiger partial charge in [-0.1, -0.05) is 44.2 Å². The van der Waals surface area contributed by atoms with Crippen molar-refractivity contribution in [2.45, 2.75) is 26.9 Å². The van der Waals surface area contributed by atoms with Crippen molar-refractivity contribution < 1.29 is 13.9 Å². The minimum absolute atomic E-state index is 0.199. The van der Waals surface area contributed by atoms with Crippen LogP contribution in [0, 0.1) is 11.7 Å². The molecule has 1 amide bonds. The molecule has 0 unspecified atom stereocenters. The predicted molar refractivity (Wildman–Crippen MR) is 123 cm³/mol. The largest absolute Gasteiger partial charge is 0.439 e. The van der Waals surface area contributed by atoms with E-state index >= 15 is 0 Å². The molecule has 0 fully saturated rings. The Morgan fingerprint density at radius 1 is 1.09 bits per heavy atom. The third-order valence-electron chi connectivity index (χ3n) is 4.89. The summed E-state index contributed by atoms with van der Waals surface area (Å²) in [5, 5.41) is 8.15. The molecule has 2 heterocycles. The first kappa shape index (κ1) is 22.1. The van der Waals surface area contributed by atoms with E-state index in [1.54, 1.807) is 54.7 Å². The number of amides is 1. The van der Waals surface area contributed by atoms with Crippen LogP contribution in [0.4, 0.5) is 4.39 Å². The molecule has 1 N–H and O–H groups in total. The summed E-state index contributed by atoms with van der Waals surface area (Å²) in [4.78, 5) is 29.9. The van der Waals surface area contributed by atoms with E-state index < -0.39 is 5.82 Å². The number of hydrogen-bond donors (Lipinski definition) is 1. The lowest BCUT2D eigenvalue weighted by atomic mass is 10.1. The summed E-state index contributed by atoms with van der Waals surface area (Å²) in [5.74, 6) is 0.0741. The summed E-state index contributed by atoms with van der Waals surface area (Å²) < 4.78 is 20.2. The van der Waals surface area contributed by atoms with Crippen molar-refractivity contribution in [3.63, 3.8) is 0 Å². The van der Waals surface area contributed by atoms with E-state index in [1.165, 1.54) is 16.8 Å². The molecule has 0 atom stereocenters. The normalized spacial score (nSPS) is 11.0. The van der Waals surface area contributed by atoms with Crippen LogP contribution in [0.1, 0.15) is 29.9 Å². The van der Waals surface area contributed by atoms with Crippen molar-refractivity contribution in [3.05, 3.63) is 94.3 Å². The average molecular weight is 446 g/mol. The van der Waals surface area contributed by atoms with Crippen LogP contribution < -0.4 is 15.6 Å². The molecule has 8 heteroatoms. The van der Waals surface area contributed by atoms with E-state index in [2.05, 4.69) is 15.4 Å². The molecule has 0 saturated heterocycles. The lowest BCUT2D eigenvalue weighted by molar-refractivity contribution is 0.0945. The Bertz CT molecular complexity index is 1350. The molecule has 0 aliphatic carbocycles. The van der Waals surface area contributed by atoms with Crippen molar-refractivity contribution in [2.24, 2.45) is 5.92 Å². The second kappa shape index (κ2) is 9.60. The fourth-order valence-corrected chi connectivity index (χ4v) is 3.37. The fourth-order valence-electron chi connectivity index (χ4n) is 3.37. The van der Waals surface area contributed by atoms with Gasteiger partial charge in [0.2, 0.25) is 5.88 Å². The maximum Gasteiger partial charge on any atom is 0.274 e. The van der Waals surface area contributed by atoms with Gasteiger partial charge in [0.15, 0.2) is 5.69 Å². The van der Waals surface area contributed by atoms with Crippen molar-refractivity contribution in [3.8, 4) is 11.6 Å². The molecular weight excluding hydrogens is 423 g/mol. The minimum Gasteiger partial charge on any atom is -0.439 e. The van der Waals surface area contributed by atoms with Crippen LogP contribution in [0.15, 0.2) is 71.7 Å². The Morgan fingerprint density at radius 3 is 2.58 bits per heavy atom. The Balaban J connectivity index is 1.49. The number of aromatic nitrogens is 3. The van der Waals surface area contributed by atoms with Gasteiger partial charge in [-0.15, -0.1) is 0 Å². The smallest absolute Gasteiger partial charge is 0.274 e. The first-order valence-corrected chi connectivity index (χ1v) is 10.6. The Morgan fingerprint density at radius 2 is 1.88 bits per heavy atom. The van der Waals surface area contributed by atoms with Crippen LogP contribution >= 0.6 is 0 Å². The van der Waals surface area contributed by atoms with E-state index in [-0.39, 0.29) is 29.6 Å². The number of carbonyl (C=O) groups excluding carboxylic acids is 1. The maximum atomic E-state index is 13.3. The number of nitrogens with one attached hydrogen (secondary N) is 1. The number of carbonyl (C=O) groups is 1. The standard InChI is InChI=1S/C25H23FN4O3/c1-16(2)15-30-25(32)21-9-4-3-8-20(21)23(29-30)24(31)28-14-17-10-11-22(27-13-17)33-19-7-5-6-18(26)12-19/h3-13,16H,14-15H2,1-2H3,(H,28,31). The Kier molecular flexibility index (Phi) is 6.44. The average Bonchev–Trinajstić information content (AvgIpc) is 2.80. The highest BCUT2D eigenvalue weighted by Gasteiger charge is 2.17. The molecule has 2 aromatic heterocycles. The van der Waals surface area contributed by atoms with Gasteiger partial charge >= 0.3 is 0 Å². The van der Waals surface area contributed by atoms with Gasteiger partial charge in [0.05, 0.1) is 5.39 Å². The molecule has 168 valence electrons. The van der Waals surface area contributed by atoms with Gasteiger partial charge in [-0.3, -0.25) is 9.59 Å². The number of halogens is 1. The number of benzene rings is 2. The minimum atomic E-state index is -0.396. The summed E-state index contributed by atoms with van der Waals surface area (Å²) in [6.45, 7) is 4.60. The van der Waals surface area contributed by atoms with Crippen LogP contribution in [0.3, 0.4) is 0 Å². The van der Waals surface area contributed by atoms with Crippen LogP contribution in [0.25, 0.3) is 10.8 Å². The summed E-state index contributed by atoms with van der Waals surface area (Å²) >= 11 is 0. The molecule has 0 aliphatic rings. The van der Waals surface area contributed by atoms with Crippen molar-refractivity contribution in [1.82, 2.24) is 20.1 Å². The Hall–Kier alpha value is -4.07. The lowest BCUT2D eigenvalue weighted by Gasteiger charge is -2.13. The van der Waals surface area contributed by atoms with E-state index in [1.807, 2.05) is 13.8 Å². The second-order valence-electron chi connectivity index (χ2n) is 8.02. The second-order valence-corrected chi connectivity index (χ2v) is 8.02. The van der Waals surface area contributed by atoms with E-state index in [9.17, 15) is 14.0 Å². The fraction of sp³-hybridized carbons (Fsp3) is 0.200. The number of rotatable bonds is 7. The molecule has 0 bridgehead atoms. The van der Waals surface area contributed by atoms with E-state index in [0.717, 1.165) is 5.56 Å². The zero-order valence-electron chi connectivity index (χ0n) is 18.3. The highest BCUT2D eigenvalue weighted by Crippen LogP contribution is 2.20. The third kappa shape index (κ3) is 5.23. The summed E-state index contributed by atoms with van der Waals surface area (Å²) in [6, 6.07) is 16.2. The van der Waals surface area contributed by atoms with Gasteiger partial charge in [-0.2, -0.15) is 5.10 Å². The van der Waals surface area contributed by atoms with Crippen molar-refractivity contribution in [2.75, 3.05) is 0 Å². The monoisotopic (exact) mass is 446 g/mol. The summed E-state index contributed by atoms with van der Waals surface area (Å²) in [5.41, 5.74) is 0.730. The molecular formula is C25H23FN4O3. The van der Waals surface area contributed by atoms with Gasteiger partial charge in [-0.05, 0) is 29.7 Å². The zero-order valence-corrected chi connectivity index (χ0v) is 18.3. The van der Waals surface area contributed by atoms with Gasteiger partial charge < -0.3 is 10.1 Å². The number of nitrogens with zero attached hydrogens (tertiary/aromatic N) is 3. The molecule has 0 radical (unpaired) electrons. The molecule has 0 saturated carbocycles. The van der Waals surface area contributed by atoms with Gasteiger partial charge in [-0.25, -0.2) is 14.1 Å². The number of hydrogen-bond acceptors (Lipinski definition) is 5. The van der Waals surface area contributed by atoms with Crippen LogP contribution in [0.2, 0.25) is 0 Å². The van der Waals surface area contributed by atoms with Gasteiger partial charge in [0, 0.05) is 36.8 Å². The zero-order chi connectivity index (χ0) is 23.4. The van der Waals surface area contributed by atoms with Gasteiger partial charge in [0.25, 0.3) is 11.5 Å². The van der Waals surface area contributed by atoms with E-state index in [4.69, 9.17) is 4.74 Å². The first-order valence-electron chi connectivity index (χ1n) is 10.6. The molecule has 33 heavy (non-hydrogen) atoms. The highest BCUT2D eigenvalue weighted by molar-refractivity contribution is 6.04. The van der Waals surface area contributed by atoms with Crippen molar-refractivity contribution >= 4 is 16.7 Å².